The van der Waals surface area contributed by atoms with Gasteiger partial charge in [-0.3, -0.25) is 9.36 Å². The molecule has 33 heavy (non-hydrogen) atoms. The highest BCUT2D eigenvalue weighted by Gasteiger charge is 2.33. The van der Waals surface area contributed by atoms with Crippen molar-refractivity contribution in [2.45, 2.75) is 19.9 Å². The summed E-state index contributed by atoms with van der Waals surface area (Å²) in [6.07, 6.45) is 1.76. The first kappa shape index (κ1) is 22.5. The molecule has 0 radical (unpaired) electrons. The standard InChI is InChI=1S/C25H24N2O5S/c1-5-32-24(29)21-15(2)26-25-27(22(21)16-9-7-6-8-10-16)23(28)20(33-25)14-17-13-18(30-3)11-12-19(17)31-4/h6-14,22H,5H2,1-4H3/b20-14-/t22-/m1/s1. The zero-order valence-electron chi connectivity index (χ0n) is 18.8. The first-order chi connectivity index (χ1) is 16.0. The smallest absolute Gasteiger partial charge is 0.338 e. The van der Waals surface area contributed by atoms with Gasteiger partial charge in [0.25, 0.3) is 5.56 Å². The maximum Gasteiger partial charge on any atom is 0.338 e. The fourth-order valence-electron chi connectivity index (χ4n) is 3.84. The van der Waals surface area contributed by atoms with Gasteiger partial charge in [0.05, 0.1) is 42.7 Å². The van der Waals surface area contributed by atoms with Gasteiger partial charge in [-0.15, -0.1) is 0 Å². The summed E-state index contributed by atoms with van der Waals surface area (Å²) >= 11 is 1.26. The molecule has 1 aromatic heterocycles. The van der Waals surface area contributed by atoms with Gasteiger partial charge < -0.3 is 14.2 Å². The highest BCUT2D eigenvalue weighted by atomic mass is 32.1. The number of thiazole rings is 1. The minimum absolute atomic E-state index is 0.233. The Morgan fingerprint density at radius 3 is 2.58 bits per heavy atom. The third-order valence-electron chi connectivity index (χ3n) is 5.36. The number of hydrogen-bond acceptors (Lipinski definition) is 7. The molecule has 3 aromatic rings. The summed E-state index contributed by atoms with van der Waals surface area (Å²) in [4.78, 5) is 31.6. The molecule has 0 fully saturated rings. The molecule has 2 aromatic carbocycles. The Labute approximate surface area is 194 Å². The van der Waals surface area contributed by atoms with Crippen molar-refractivity contribution in [1.82, 2.24) is 4.57 Å². The average Bonchev–Trinajstić information content (AvgIpc) is 3.13. The van der Waals surface area contributed by atoms with Crippen LogP contribution in [0.15, 0.2) is 69.6 Å². The Hall–Kier alpha value is -3.65. The highest BCUT2D eigenvalue weighted by molar-refractivity contribution is 7.07. The summed E-state index contributed by atoms with van der Waals surface area (Å²) in [5.74, 6) is 0.790. The van der Waals surface area contributed by atoms with Gasteiger partial charge in [-0.1, -0.05) is 41.7 Å². The number of allylic oxidation sites excluding steroid dienone is 1. The van der Waals surface area contributed by atoms with Gasteiger partial charge >= 0.3 is 5.97 Å². The van der Waals surface area contributed by atoms with Gasteiger partial charge in [0.1, 0.15) is 11.5 Å². The third kappa shape index (κ3) is 4.21. The number of carbonyl (C=O) groups is 1. The Morgan fingerprint density at radius 2 is 1.91 bits per heavy atom. The van der Waals surface area contributed by atoms with Crippen LogP contribution in [-0.2, 0) is 9.53 Å². The first-order valence-corrected chi connectivity index (χ1v) is 11.3. The Bertz CT molecular complexity index is 1400. The van der Waals surface area contributed by atoms with E-state index in [0.717, 1.165) is 5.56 Å². The fraction of sp³-hybridized carbons (Fsp3) is 0.240. The number of methoxy groups -OCH3 is 2. The topological polar surface area (TPSA) is 79.1 Å². The summed E-state index contributed by atoms with van der Waals surface area (Å²) in [5.41, 5.74) is 2.17. The van der Waals surface area contributed by atoms with Crippen LogP contribution in [-0.4, -0.2) is 31.4 Å². The number of carbonyl (C=O) groups excluding carboxylic acids is 1. The highest BCUT2D eigenvalue weighted by Crippen LogP contribution is 2.30. The van der Waals surface area contributed by atoms with Crippen molar-refractivity contribution < 1.29 is 19.0 Å². The molecule has 1 aliphatic rings. The Kier molecular flexibility index (Phi) is 6.46. The molecule has 0 saturated carbocycles. The zero-order valence-corrected chi connectivity index (χ0v) is 19.6. The van der Waals surface area contributed by atoms with Crippen LogP contribution < -0.4 is 24.4 Å². The first-order valence-electron chi connectivity index (χ1n) is 10.4. The lowest BCUT2D eigenvalue weighted by molar-refractivity contribution is -0.139. The van der Waals surface area contributed by atoms with Crippen molar-refractivity contribution in [2.24, 2.45) is 4.99 Å². The van der Waals surface area contributed by atoms with Crippen LogP contribution >= 0.6 is 11.3 Å². The van der Waals surface area contributed by atoms with Crippen molar-refractivity contribution in [3.63, 3.8) is 0 Å². The molecule has 7 nitrogen and oxygen atoms in total. The summed E-state index contributed by atoms with van der Waals surface area (Å²) in [6.45, 7) is 3.75. The molecule has 0 unspecified atom stereocenters. The van der Waals surface area contributed by atoms with E-state index < -0.39 is 12.0 Å². The van der Waals surface area contributed by atoms with E-state index in [9.17, 15) is 9.59 Å². The van der Waals surface area contributed by atoms with Gasteiger partial charge in [-0.05, 0) is 43.7 Å². The molecule has 170 valence electrons. The number of hydrogen-bond donors (Lipinski definition) is 0. The molecule has 0 bridgehead atoms. The molecule has 0 aliphatic carbocycles. The monoisotopic (exact) mass is 464 g/mol. The number of benzene rings is 2. The van der Waals surface area contributed by atoms with Gasteiger partial charge in [0.15, 0.2) is 4.80 Å². The number of esters is 1. The quantitative estimate of drug-likeness (QED) is 0.524. The van der Waals surface area contributed by atoms with E-state index >= 15 is 0 Å². The van der Waals surface area contributed by atoms with E-state index in [4.69, 9.17) is 14.2 Å². The Balaban J connectivity index is 1.96. The van der Waals surface area contributed by atoms with Crippen molar-refractivity contribution in [3.05, 3.63) is 90.6 Å². The lowest BCUT2D eigenvalue weighted by Crippen LogP contribution is -2.39. The number of nitrogens with zero attached hydrogens (tertiary/aromatic N) is 2. The fourth-order valence-corrected chi connectivity index (χ4v) is 4.87. The summed E-state index contributed by atoms with van der Waals surface area (Å²) in [6, 6.07) is 14.2. The molecule has 0 amide bonds. The van der Waals surface area contributed by atoms with Crippen LogP contribution in [0.2, 0.25) is 0 Å². The second-order valence-corrected chi connectivity index (χ2v) is 8.33. The van der Waals surface area contributed by atoms with Crippen LogP contribution in [0.4, 0.5) is 0 Å². The van der Waals surface area contributed by atoms with Gasteiger partial charge in [0.2, 0.25) is 0 Å². The van der Waals surface area contributed by atoms with Gasteiger partial charge in [-0.25, -0.2) is 9.79 Å². The lowest BCUT2D eigenvalue weighted by Gasteiger charge is -2.24. The summed E-state index contributed by atoms with van der Waals surface area (Å²) in [7, 11) is 3.16. The molecule has 8 heteroatoms. The minimum atomic E-state index is -0.629. The van der Waals surface area contributed by atoms with Crippen LogP contribution in [0, 0.1) is 0 Å². The SMILES string of the molecule is CCOC(=O)C1=C(C)N=c2s/c(=C\c3cc(OC)ccc3OC)c(=O)n2[C@@H]1c1ccccc1. The summed E-state index contributed by atoms with van der Waals surface area (Å²) in [5, 5.41) is 0. The molecule has 0 spiro atoms. The number of fused-ring (bicyclic) bond motifs is 1. The third-order valence-corrected chi connectivity index (χ3v) is 6.34. The van der Waals surface area contributed by atoms with Crippen molar-refractivity contribution in [3.8, 4) is 11.5 Å². The largest absolute Gasteiger partial charge is 0.497 e. The molecule has 2 heterocycles. The van der Waals surface area contributed by atoms with Crippen LogP contribution in [0.1, 0.15) is 31.0 Å². The predicted molar refractivity (Wildman–Crippen MR) is 126 cm³/mol. The van der Waals surface area contributed by atoms with E-state index in [2.05, 4.69) is 4.99 Å². The van der Waals surface area contributed by atoms with E-state index in [-0.39, 0.29) is 12.2 Å². The maximum atomic E-state index is 13.6. The number of rotatable bonds is 6. The van der Waals surface area contributed by atoms with Crippen LogP contribution in [0.5, 0.6) is 11.5 Å². The minimum Gasteiger partial charge on any atom is -0.497 e. The molecular weight excluding hydrogens is 440 g/mol. The molecule has 0 N–H and O–H groups in total. The zero-order chi connectivity index (χ0) is 23.5. The molecular formula is C25H24N2O5S. The van der Waals surface area contributed by atoms with Crippen molar-refractivity contribution in [1.29, 1.82) is 0 Å². The van der Waals surface area contributed by atoms with E-state index in [1.54, 1.807) is 56.9 Å². The summed E-state index contributed by atoms with van der Waals surface area (Å²) < 4.78 is 18.1. The normalized spacial score (nSPS) is 15.6. The molecule has 0 saturated heterocycles. The van der Waals surface area contributed by atoms with Crippen molar-refractivity contribution >= 4 is 23.4 Å². The van der Waals surface area contributed by atoms with Crippen LogP contribution in [0.25, 0.3) is 6.08 Å². The van der Waals surface area contributed by atoms with E-state index in [0.29, 0.717) is 37.7 Å². The number of aromatic nitrogens is 1. The number of ether oxygens (including phenoxy) is 3. The Morgan fingerprint density at radius 1 is 1.15 bits per heavy atom. The molecule has 1 atom stereocenters. The second kappa shape index (κ2) is 9.46. The lowest BCUT2D eigenvalue weighted by atomic mass is 9.96. The maximum absolute atomic E-state index is 13.6. The van der Waals surface area contributed by atoms with E-state index in [1.165, 1.54) is 11.3 Å². The average molecular weight is 465 g/mol. The molecule has 1 aliphatic heterocycles. The predicted octanol–water partition coefficient (Wildman–Crippen LogP) is 2.82. The van der Waals surface area contributed by atoms with Crippen LogP contribution in [0.3, 0.4) is 0 Å². The van der Waals surface area contributed by atoms with Crippen molar-refractivity contribution in [2.75, 3.05) is 20.8 Å². The van der Waals surface area contributed by atoms with Gasteiger partial charge in [-0.2, -0.15) is 0 Å². The van der Waals surface area contributed by atoms with Gasteiger partial charge in [0, 0.05) is 5.56 Å². The van der Waals surface area contributed by atoms with E-state index in [1.807, 2.05) is 30.3 Å². The molecule has 4 rings (SSSR count). The second-order valence-electron chi connectivity index (χ2n) is 7.32.